The van der Waals surface area contributed by atoms with Crippen LogP contribution in [0.1, 0.15) is 6.42 Å². The van der Waals surface area contributed by atoms with E-state index in [-0.39, 0.29) is 12.3 Å². The SMILES string of the molecule is O=C(CCSc1nnc(-c2ccco2)c(-c2ccco2)n1)Nc1ccc(Cl)c(Cl)c1. The van der Waals surface area contributed by atoms with Crippen LogP contribution in [-0.4, -0.2) is 26.8 Å². The third-order valence-electron chi connectivity index (χ3n) is 3.94. The normalized spacial score (nSPS) is 10.9. The van der Waals surface area contributed by atoms with Gasteiger partial charge in [-0.3, -0.25) is 4.79 Å². The fourth-order valence-electron chi connectivity index (χ4n) is 2.57. The quantitative estimate of drug-likeness (QED) is 0.347. The summed E-state index contributed by atoms with van der Waals surface area (Å²) < 4.78 is 10.9. The second-order valence-corrected chi connectivity index (χ2v) is 7.90. The number of carbonyl (C=O) groups is 1. The van der Waals surface area contributed by atoms with Crippen LogP contribution in [0.5, 0.6) is 0 Å². The third kappa shape index (κ3) is 4.84. The van der Waals surface area contributed by atoms with Gasteiger partial charge in [-0.15, -0.1) is 10.2 Å². The minimum Gasteiger partial charge on any atom is -0.463 e. The molecule has 0 atom stereocenters. The summed E-state index contributed by atoms with van der Waals surface area (Å²) in [6.45, 7) is 0. The number of aromatic nitrogens is 3. The molecule has 152 valence electrons. The molecule has 1 amide bonds. The summed E-state index contributed by atoms with van der Waals surface area (Å²) in [4.78, 5) is 16.7. The van der Waals surface area contributed by atoms with Crippen molar-refractivity contribution in [3.05, 3.63) is 65.0 Å². The van der Waals surface area contributed by atoms with Gasteiger partial charge in [-0.25, -0.2) is 4.98 Å². The van der Waals surface area contributed by atoms with E-state index in [1.165, 1.54) is 11.8 Å². The largest absolute Gasteiger partial charge is 0.463 e. The maximum absolute atomic E-state index is 12.2. The zero-order chi connectivity index (χ0) is 20.9. The minimum atomic E-state index is -0.160. The van der Waals surface area contributed by atoms with Gasteiger partial charge in [0, 0.05) is 17.9 Å². The van der Waals surface area contributed by atoms with Crippen LogP contribution in [-0.2, 0) is 4.79 Å². The number of furan rings is 2. The molecule has 7 nitrogen and oxygen atoms in total. The highest BCUT2D eigenvalue weighted by Gasteiger charge is 2.18. The van der Waals surface area contributed by atoms with Crippen LogP contribution in [0.25, 0.3) is 22.9 Å². The molecule has 0 aliphatic heterocycles. The molecule has 3 aromatic heterocycles. The average Bonchev–Trinajstić information content (AvgIpc) is 3.45. The van der Waals surface area contributed by atoms with Gasteiger partial charge in [0.25, 0.3) is 0 Å². The number of benzene rings is 1. The van der Waals surface area contributed by atoms with Crippen molar-refractivity contribution in [3.8, 4) is 22.9 Å². The first-order valence-corrected chi connectivity index (χ1v) is 10.5. The summed E-state index contributed by atoms with van der Waals surface area (Å²) in [5, 5.41) is 12.4. The lowest BCUT2D eigenvalue weighted by molar-refractivity contribution is -0.115. The number of anilines is 1. The van der Waals surface area contributed by atoms with Gasteiger partial charge in [0.1, 0.15) is 5.69 Å². The fourth-order valence-corrected chi connectivity index (χ4v) is 3.59. The molecular weight excluding hydrogens is 447 g/mol. The van der Waals surface area contributed by atoms with Crippen molar-refractivity contribution in [2.75, 3.05) is 11.1 Å². The van der Waals surface area contributed by atoms with Gasteiger partial charge in [0.2, 0.25) is 11.1 Å². The zero-order valence-corrected chi connectivity index (χ0v) is 17.7. The Balaban J connectivity index is 1.42. The molecule has 4 rings (SSSR count). The number of amides is 1. The molecule has 0 saturated carbocycles. The number of thioether (sulfide) groups is 1. The second-order valence-electron chi connectivity index (χ2n) is 6.02. The van der Waals surface area contributed by atoms with Crippen molar-refractivity contribution in [2.24, 2.45) is 0 Å². The molecule has 1 aromatic carbocycles. The first-order chi connectivity index (χ1) is 14.6. The zero-order valence-electron chi connectivity index (χ0n) is 15.3. The number of nitrogens with zero attached hydrogens (tertiary/aromatic N) is 3. The Morgan fingerprint density at radius 3 is 2.37 bits per heavy atom. The molecule has 4 aromatic rings. The van der Waals surface area contributed by atoms with Crippen LogP contribution in [0.15, 0.2) is 69.0 Å². The Kier molecular flexibility index (Phi) is 6.37. The van der Waals surface area contributed by atoms with Crippen molar-refractivity contribution >= 4 is 46.6 Å². The average molecular weight is 461 g/mol. The van der Waals surface area contributed by atoms with Gasteiger partial charge in [-0.1, -0.05) is 35.0 Å². The first-order valence-electron chi connectivity index (χ1n) is 8.80. The molecule has 0 fully saturated rings. The van der Waals surface area contributed by atoms with Gasteiger partial charge in [-0.05, 0) is 42.5 Å². The van der Waals surface area contributed by atoms with Crippen LogP contribution in [0, 0.1) is 0 Å². The van der Waals surface area contributed by atoms with Gasteiger partial charge in [0.15, 0.2) is 17.2 Å². The molecular formula is C20H14Cl2N4O3S. The van der Waals surface area contributed by atoms with E-state index >= 15 is 0 Å². The minimum absolute atomic E-state index is 0.160. The van der Waals surface area contributed by atoms with E-state index < -0.39 is 0 Å². The Morgan fingerprint density at radius 2 is 1.70 bits per heavy atom. The number of rotatable bonds is 7. The molecule has 0 saturated heterocycles. The maximum Gasteiger partial charge on any atom is 0.225 e. The lowest BCUT2D eigenvalue weighted by atomic mass is 10.2. The fraction of sp³-hybridized carbons (Fsp3) is 0.100. The summed E-state index contributed by atoms with van der Waals surface area (Å²) in [6.07, 6.45) is 3.37. The van der Waals surface area contributed by atoms with Crippen LogP contribution in [0.3, 0.4) is 0 Å². The topological polar surface area (TPSA) is 94.0 Å². The summed E-state index contributed by atoms with van der Waals surface area (Å²) in [6, 6.07) is 12.0. The van der Waals surface area contributed by atoms with E-state index in [1.54, 1.807) is 55.0 Å². The number of nitrogens with one attached hydrogen (secondary N) is 1. The van der Waals surface area contributed by atoms with Crippen molar-refractivity contribution in [3.63, 3.8) is 0 Å². The standard InChI is InChI=1S/C20H14Cl2N4O3S/c21-13-6-5-12(11-14(13)22)23-17(27)7-10-30-20-24-18(15-3-1-8-28-15)19(25-26-20)16-4-2-9-29-16/h1-6,8-9,11H,7,10H2,(H,23,27). The molecule has 30 heavy (non-hydrogen) atoms. The summed E-state index contributed by atoms with van der Waals surface area (Å²) in [7, 11) is 0. The molecule has 0 aliphatic rings. The lowest BCUT2D eigenvalue weighted by Gasteiger charge is -2.07. The number of carbonyl (C=O) groups excluding carboxylic acids is 1. The van der Waals surface area contributed by atoms with E-state index in [0.717, 1.165) is 0 Å². The highest BCUT2D eigenvalue weighted by atomic mass is 35.5. The predicted molar refractivity (Wildman–Crippen MR) is 116 cm³/mol. The number of halogens is 2. The second kappa shape index (κ2) is 9.34. The highest BCUT2D eigenvalue weighted by Crippen LogP contribution is 2.30. The Morgan fingerprint density at radius 1 is 0.967 bits per heavy atom. The van der Waals surface area contributed by atoms with E-state index in [0.29, 0.717) is 49.6 Å². The molecule has 1 N–H and O–H groups in total. The van der Waals surface area contributed by atoms with Crippen LogP contribution < -0.4 is 5.32 Å². The molecule has 0 radical (unpaired) electrons. The van der Waals surface area contributed by atoms with Crippen molar-refractivity contribution < 1.29 is 13.6 Å². The lowest BCUT2D eigenvalue weighted by Crippen LogP contribution is -2.12. The maximum atomic E-state index is 12.2. The van der Waals surface area contributed by atoms with Gasteiger partial charge >= 0.3 is 0 Å². The molecule has 0 aliphatic carbocycles. The van der Waals surface area contributed by atoms with Crippen molar-refractivity contribution in [1.82, 2.24) is 15.2 Å². The van der Waals surface area contributed by atoms with E-state index in [1.807, 2.05) is 0 Å². The Hall–Kier alpha value is -2.81. The monoisotopic (exact) mass is 460 g/mol. The third-order valence-corrected chi connectivity index (χ3v) is 5.52. The summed E-state index contributed by atoms with van der Waals surface area (Å²) in [5.74, 6) is 1.40. The Bertz CT molecular complexity index is 1150. The number of hydrogen-bond donors (Lipinski definition) is 1. The number of hydrogen-bond acceptors (Lipinski definition) is 7. The van der Waals surface area contributed by atoms with Gasteiger partial charge < -0.3 is 14.2 Å². The van der Waals surface area contributed by atoms with Gasteiger partial charge in [-0.2, -0.15) is 0 Å². The predicted octanol–water partition coefficient (Wildman–Crippen LogP) is 5.82. The summed E-state index contributed by atoms with van der Waals surface area (Å²) >= 11 is 13.2. The first kappa shape index (κ1) is 20.5. The molecule has 0 unspecified atom stereocenters. The van der Waals surface area contributed by atoms with Gasteiger partial charge in [0.05, 0.1) is 22.6 Å². The van der Waals surface area contributed by atoms with Crippen LogP contribution in [0.4, 0.5) is 5.69 Å². The van der Waals surface area contributed by atoms with Crippen LogP contribution >= 0.6 is 35.0 Å². The summed E-state index contributed by atoms with van der Waals surface area (Å²) in [5.41, 5.74) is 1.59. The molecule has 3 heterocycles. The molecule has 10 heteroatoms. The van der Waals surface area contributed by atoms with Crippen molar-refractivity contribution in [1.29, 1.82) is 0 Å². The van der Waals surface area contributed by atoms with Crippen molar-refractivity contribution in [2.45, 2.75) is 11.6 Å². The molecule has 0 spiro atoms. The van der Waals surface area contributed by atoms with E-state index in [4.69, 9.17) is 32.0 Å². The van der Waals surface area contributed by atoms with Crippen LogP contribution in [0.2, 0.25) is 10.0 Å². The Labute approximate surface area is 185 Å². The highest BCUT2D eigenvalue weighted by molar-refractivity contribution is 7.99. The molecule has 0 bridgehead atoms. The van der Waals surface area contributed by atoms with E-state index in [2.05, 4.69) is 20.5 Å². The van der Waals surface area contributed by atoms with E-state index in [9.17, 15) is 4.79 Å². The smallest absolute Gasteiger partial charge is 0.225 e.